The molecule has 0 bridgehead atoms. The Bertz CT molecular complexity index is 538. The molecule has 1 aromatic rings. The molecule has 21 heavy (non-hydrogen) atoms. The summed E-state index contributed by atoms with van der Waals surface area (Å²) in [6.45, 7) is 9.83. The molecule has 0 aromatic heterocycles. The lowest BCUT2D eigenvalue weighted by Gasteiger charge is -2.17. The Morgan fingerprint density at radius 1 is 1.38 bits per heavy atom. The van der Waals surface area contributed by atoms with E-state index in [0.717, 1.165) is 23.6 Å². The molecule has 0 amide bonds. The third kappa shape index (κ3) is 4.41. The Hall–Kier alpha value is -2.17. The van der Waals surface area contributed by atoms with Crippen molar-refractivity contribution < 1.29 is 9.47 Å². The van der Waals surface area contributed by atoms with Crippen LogP contribution in [0.25, 0.3) is 0 Å². The molecular formula is C16H23N3O2. The number of hydrogen-bond acceptors (Lipinski definition) is 3. The van der Waals surface area contributed by atoms with Crippen LogP contribution >= 0.6 is 0 Å². The first-order chi connectivity index (χ1) is 10.00. The van der Waals surface area contributed by atoms with Crippen molar-refractivity contribution in [3.05, 3.63) is 30.9 Å². The van der Waals surface area contributed by atoms with Crippen LogP contribution in [0.15, 0.2) is 35.8 Å². The summed E-state index contributed by atoms with van der Waals surface area (Å²) in [6, 6.07) is 5.65. The summed E-state index contributed by atoms with van der Waals surface area (Å²) >= 11 is 0. The van der Waals surface area contributed by atoms with Crippen LogP contribution in [0.2, 0.25) is 0 Å². The van der Waals surface area contributed by atoms with Gasteiger partial charge in [0, 0.05) is 23.6 Å². The van der Waals surface area contributed by atoms with E-state index in [0.29, 0.717) is 25.7 Å². The number of hydrogen-bond donors (Lipinski definition) is 2. The fourth-order valence-corrected chi connectivity index (χ4v) is 1.78. The zero-order chi connectivity index (χ0) is 15.3. The summed E-state index contributed by atoms with van der Waals surface area (Å²) in [7, 11) is 0. The van der Waals surface area contributed by atoms with Gasteiger partial charge in [-0.15, -0.1) is 6.58 Å². The molecule has 3 N–H and O–H groups in total. The molecule has 1 aromatic carbocycles. The van der Waals surface area contributed by atoms with Gasteiger partial charge in [0.2, 0.25) is 0 Å². The standard InChI is InChI=1S/C16H23N3O2/c1-4-16(2,3)11-18-15(17)19-12-6-7-13-14(10-12)21-9-5-8-20-13/h4,6-7,10H,1,5,8-9,11H2,2-3H3,(H3,17,18,19). The Kier molecular flexibility index (Phi) is 4.73. The third-order valence-electron chi connectivity index (χ3n) is 3.23. The first-order valence-corrected chi connectivity index (χ1v) is 7.10. The number of aliphatic imine (C=N–C) groups is 1. The molecule has 0 spiro atoms. The van der Waals surface area contributed by atoms with E-state index in [9.17, 15) is 0 Å². The van der Waals surface area contributed by atoms with Crippen LogP contribution < -0.4 is 20.5 Å². The largest absolute Gasteiger partial charge is 0.490 e. The minimum atomic E-state index is -0.0724. The number of nitrogens with zero attached hydrogens (tertiary/aromatic N) is 1. The lowest BCUT2D eigenvalue weighted by molar-refractivity contribution is 0.297. The van der Waals surface area contributed by atoms with Crippen molar-refractivity contribution in [2.45, 2.75) is 20.3 Å². The zero-order valence-corrected chi connectivity index (χ0v) is 12.7. The number of anilines is 1. The molecule has 5 nitrogen and oxygen atoms in total. The van der Waals surface area contributed by atoms with Gasteiger partial charge in [-0.25, -0.2) is 0 Å². The van der Waals surface area contributed by atoms with Gasteiger partial charge < -0.3 is 20.5 Å². The van der Waals surface area contributed by atoms with Gasteiger partial charge in [0.05, 0.1) is 19.8 Å². The number of guanidine groups is 1. The highest BCUT2D eigenvalue weighted by Gasteiger charge is 2.13. The second-order valence-electron chi connectivity index (χ2n) is 5.73. The zero-order valence-electron chi connectivity index (χ0n) is 12.7. The summed E-state index contributed by atoms with van der Waals surface area (Å²) in [5.74, 6) is 1.87. The monoisotopic (exact) mass is 289 g/mol. The fourth-order valence-electron chi connectivity index (χ4n) is 1.78. The van der Waals surface area contributed by atoms with Gasteiger partial charge in [-0.2, -0.15) is 0 Å². The molecular weight excluding hydrogens is 266 g/mol. The SMILES string of the molecule is C=CC(C)(C)CN=C(N)Nc1ccc2c(c1)OCCCO2. The van der Waals surface area contributed by atoms with Crippen LogP contribution in [0, 0.1) is 5.41 Å². The van der Waals surface area contributed by atoms with Crippen molar-refractivity contribution in [3.63, 3.8) is 0 Å². The highest BCUT2D eigenvalue weighted by Crippen LogP contribution is 2.32. The van der Waals surface area contributed by atoms with Crippen molar-refractivity contribution in [2.75, 3.05) is 25.1 Å². The molecule has 1 heterocycles. The van der Waals surface area contributed by atoms with E-state index in [1.807, 2.05) is 24.3 Å². The normalized spacial score (nSPS) is 15.2. The molecule has 1 aliphatic rings. The van der Waals surface area contributed by atoms with Crippen LogP contribution in [-0.2, 0) is 0 Å². The molecule has 0 saturated carbocycles. The van der Waals surface area contributed by atoms with E-state index in [2.05, 4.69) is 30.7 Å². The van der Waals surface area contributed by atoms with Crippen LogP contribution in [0.3, 0.4) is 0 Å². The van der Waals surface area contributed by atoms with E-state index in [1.54, 1.807) is 0 Å². The maximum absolute atomic E-state index is 5.91. The summed E-state index contributed by atoms with van der Waals surface area (Å²) < 4.78 is 11.2. The summed E-state index contributed by atoms with van der Waals surface area (Å²) in [6.07, 6.45) is 2.76. The number of nitrogens with one attached hydrogen (secondary N) is 1. The Balaban J connectivity index is 2.04. The number of benzene rings is 1. The average molecular weight is 289 g/mol. The van der Waals surface area contributed by atoms with Gasteiger partial charge in [-0.3, -0.25) is 4.99 Å². The molecule has 0 saturated heterocycles. The van der Waals surface area contributed by atoms with Crippen molar-refractivity contribution in [1.82, 2.24) is 0 Å². The van der Waals surface area contributed by atoms with Gasteiger partial charge in [0.1, 0.15) is 0 Å². The topological polar surface area (TPSA) is 68.9 Å². The van der Waals surface area contributed by atoms with E-state index < -0.39 is 0 Å². The molecule has 1 aliphatic heterocycles. The first kappa shape index (κ1) is 15.2. The average Bonchev–Trinajstić information content (AvgIpc) is 2.70. The number of rotatable bonds is 4. The van der Waals surface area contributed by atoms with Crippen molar-refractivity contribution >= 4 is 11.6 Å². The van der Waals surface area contributed by atoms with E-state index >= 15 is 0 Å². The second kappa shape index (κ2) is 6.52. The van der Waals surface area contributed by atoms with Crippen molar-refractivity contribution in [3.8, 4) is 11.5 Å². The minimum Gasteiger partial charge on any atom is -0.490 e. The summed E-state index contributed by atoms with van der Waals surface area (Å²) in [5, 5.41) is 3.07. The minimum absolute atomic E-state index is 0.0724. The fraction of sp³-hybridized carbons (Fsp3) is 0.438. The maximum Gasteiger partial charge on any atom is 0.193 e. The van der Waals surface area contributed by atoms with Crippen LogP contribution in [-0.4, -0.2) is 25.7 Å². The Labute approximate surface area is 125 Å². The molecule has 0 atom stereocenters. The third-order valence-corrected chi connectivity index (χ3v) is 3.23. The number of fused-ring (bicyclic) bond motifs is 1. The summed E-state index contributed by atoms with van der Waals surface area (Å²) in [5.41, 5.74) is 6.67. The number of ether oxygens (including phenoxy) is 2. The van der Waals surface area contributed by atoms with Gasteiger partial charge in [-0.05, 0) is 12.1 Å². The van der Waals surface area contributed by atoms with E-state index in [4.69, 9.17) is 15.2 Å². The van der Waals surface area contributed by atoms with Crippen molar-refractivity contribution in [1.29, 1.82) is 0 Å². The highest BCUT2D eigenvalue weighted by atomic mass is 16.5. The predicted octanol–water partition coefficient (Wildman–Crippen LogP) is 2.79. The molecule has 0 radical (unpaired) electrons. The van der Waals surface area contributed by atoms with E-state index in [-0.39, 0.29) is 5.41 Å². The van der Waals surface area contributed by atoms with Crippen LogP contribution in [0.1, 0.15) is 20.3 Å². The Morgan fingerprint density at radius 3 is 2.81 bits per heavy atom. The van der Waals surface area contributed by atoms with Crippen LogP contribution in [0.4, 0.5) is 5.69 Å². The molecule has 0 aliphatic carbocycles. The lowest BCUT2D eigenvalue weighted by Crippen LogP contribution is -2.25. The van der Waals surface area contributed by atoms with E-state index in [1.165, 1.54) is 0 Å². The first-order valence-electron chi connectivity index (χ1n) is 7.10. The van der Waals surface area contributed by atoms with Gasteiger partial charge in [0.25, 0.3) is 0 Å². The van der Waals surface area contributed by atoms with Gasteiger partial charge in [-0.1, -0.05) is 19.9 Å². The number of nitrogens with two attached hydrogens (primary N) is 1. The molecule has 2 rings (SSSR count). The molecule has 0 unspecified atom stereocenters. The van der Waals surface area contributed by atoms with Gasteiger partial charge in [0.15, 0.2) is 17.5 Å². The second-order valence-corrected chi connectivity index (χ2v) is 5.73. The van der Waals surface area contributed by atoms with Gasteiger partial charge >= 0.3 is 0 Å². The molecule has 114 valence electrons. The van der Waals surface area contributed by atoms with Crippen molar-refractivity contribution in [2.24, 2.45) is 16.1 Å². The molecule has 0 fully saturated rings. The maximum atomic E-state index is 5.91. The predicted molar refractivity (Wildman–Crippen MR) is 86.1 cm³/mol. The lowest BCUT2D eigenvalue weighted by atomic mass is 9.94. The smallest absolute Gasteiger partial charge is 0.193 e. The van der Waals surface area contributed by atoms with Crippen LogP contribution in [0.5, 0.6) is 11.5 Å². The highest BCUT2D eigenvalue weighted by molar-refractivity contribution is 5.92. The Morgan fingerprint density at radius 2 is 2.10 bits per heavy atom. The molecule has 5 heteroatoms. The summed E-state index contributed by atoms with van der Waals surface area (Å²) in [4.78, 5) is 4.33. The quantitative estimate of drug-likeness (QED) is 0.508.